The number of carboxylic acid groups (broad SMARTS) is 1. The predicted molar refractivity (Wildman–Crippen MR) is 72.6 cm³/mol. The van der Waals surface area contributed by atoms with Crippen LogP contribution in [-0.4, -0.2) is 35.0 Å². The summed E-state index contributed by atoms with van der Waals surface area (Å²) in [5.74, 6) is -0.870. The van der Waals surface area contributed by atoms with Crippen LogP contribution < -0.4 is 0 Å². The molecule has 4 nitrogen and oxygen atoms in total. The Morgan fingerprint density at radius 2 is 2.05 bits per heavy atom. The van der Waals surface area contributed by atoms with Crippen LogP contribution in [0.2, 0.25) is 0 Å². The molecule has 2 heterocycles. The molecule has 102 valence electrons. The lowest BCUT2D eigenvalue weighted by Crippen LogP contribution is -2.26. The van der Waals surface area contributed by atoms with E-state index in [-0.39, 0.29) is 11.8 Å². The smallest absolute Gasteiger partial charge is 0.306 e. The quantitative estimate of drug-likeness (QED) is 0.902. The van der Waals surface area contributed by atoms with E-state index >= 15 is 0 Å². The van der Waals surface area contributed by atoms with Crippen molar-refractivity contribution in [2.45, 2.75) is 32.1 Å². The molecule has 2 aliphatic rings. The minimum absolute atomic E-state index is 0.128. The number of hydrogen-bond acceptors (Lipinski definition) is 3. The van der Waals surface area contributed by atoms with Gasteiger partial charge in [0.25, 0.3) is 5.91 Å². The highest BCUT2D eigenvalue weighted by atomic mass is 32.1. The molecule has 1 amide bonds. The molecular formula is C14H17NO3S. The highest BCUT2D eigenvalue weighted by Gasteiger charge is 2.28. The molecular weight excluding hydrogens is 262 g/mol. The van der Waals surface area contributed by atoms with Gasteiger partial charge in [-0.3, -0.25) is 9.59 Å². The summed E-state index contributed by atoms with van der Waals surface area (Å²) in [6.45, 7) is 1.72. The van der Waals surface area contributed by atoms with Crippen LogP contribution in [0.3, 0.4) is 0 Å². The zero-order chi connectivity index (χ0) is 13.4. The molecule has 1 atom stereocenters. The Bertz CT molecular complexity index is 517. The van der Waals surface area contributed by atoms with E-state index in [1.807, 2.05) is 11.0 Å². The first-order valence-corrected chi connectivity index (χ1v) is 7.60. The summed E-state index contributed by atoms with van der Waals surface area (Å²) in [5, 5.41) is 9.08. The maximum Gasteiger partial charge on any atom is 0.306 e. The highest BCUT2D eigenvalue weighted by Crippen LogP contribution is 2.33. The van der Waals surface area contributed by atoms with Crippen molar-refractivity contribution < 1.29 is 14.7 Å². The standard InChI is InChI=1S/C14H17NO3S/c16-13(15-5-1-2-6-15)12-8-10-7-9(14(17)18)3-4-11(10)19-12/h8-9H,1-7H2,(H,17,18). The highest BCUT2D eigenvalue weighted by molar-refractivity contribution is 7.14. The first kappa shape index (κ1) is 12.7. The fourth-order valence-electron chi connectivity index (χ4n) is 2.92. The Morgan fingerprint density at radius 1 is 1.32 bits per heavy atom. The molecule has 3 rings (SSSR count). The fraction of sp³-hybridized carbons (Fsp3) is 0.571. The van der Waals surface area contributed by atoms with Crippen molar-refractivity contribution >= 4 is 23.2 Å². The van der Waals surface area contributed by atoms with Crippen LogP contribution in [0.1, 0.15) is 39.4 Å². The van der Waals surface area contributed by atoms with Crippen LogP contribution >= 0.6 is 11.3 Å². The SMILES string of the molecule is O=C(O)C1CCc2sc(C(=O)N3CCCC3)cc2C1. The Hall–Kier alpha value is -1.36. The molecule has 1 saturated heterocycles. The summed E-state index contributed by atoms with van der Waals surface area (Å²) in [7, 11) is 0. The molecule has 1 aromatic rings. The van der Waals surface area contributed by atoms with Gasteiger partial charge in [-0.2, -0.15) is 0 Å². The van der Waals surface area contributed by atoms with Crippen LogP contribution in [0.15, 0.2) is 6.07 Å². The van der Waals surface area contributed by atoms with Crippen LogP contribution in [0, 0.1) is 5.92 Å². The van der Waals surface area contributed by atoms with Crippen molar-refractivity contribution in [3.05, 3.63) is 21.4 Å². The van der Waals surface area contributed by atoms with Gasteiger partial charge in [-0.25, -0.2) is 0 Å². The average Bonchev–Trinajstić information content (AvgIpc) is 3.06. The molecule has 0 saturated carbocycles. The Morgan fingerprint density at radius 3 is 2.74 bits per heavy atom. The zero-order valence-corrected chi connectivity index (χ0v) is 11.5. The number of nitrogens with zero attached hydrogens (tertiary/aromatic N) is 1. The Kier molecular flexibility index (Phi) is 3.31. The van der Waals surface area contributed by atoms with Crippen molar-refractivity contribution in [3.63, 3.8) is 0 Å². The molecule has 1 unspecified atom stereocenters. The summed E-state index contributed by atoms with van der Waals surface area (Å²) < 4.78 is 0. The summed E-state index contributed by atoms with van der Waals surface area (Å²) in [5.41, 5.74) is 1.08. The topological polar surface area (TPSA) is 57.6 Å². The van der Waals surface area contributed by atoms with Gasteiger partial charge in [-0.15, -0.1) is 11.3 Å². The van der Waals surface area contributed by atoms with E-state index in [9.17, 15) is 9.59 Å². The lowest BCUT2D eigenvalue weighted by Gasteiger charge is -2.17. The van der Waals surface area contributed by atoms with E-state index in [1.165, 1.54) is 4.88 Å². The number of carbonyl (C=O) groups excluding carboxylic acids is 1. The Labute approximate surface area is 116 Å². The number of aryl methyl sites for hydroxylation is 1. The van der Waals surface area contributed by atoms with Crippen LogP contribution in [0.25, 0.3) is 0 Å². The van der Waals surface area contributed by atoms with E-state index in [0.29, 0.717) is 12.8 Å². The number of thiophene rings is 1. The molecule has 1 fully saturated rings. The second-order valence-electron chi connectivity index (χ2n) is 5.34. The molecule has 1 aliphatic carbocycles. The third kappa shape index (κ3) is 2.39. The van der Waals surface area contributed by atoms with Crippen molar-refractivity contribution in [1.29, 1.82) is 0 Å². The molecule has 0 aromatic carbocycles. The van der Waals surface area contributed by atoms with Gasteiger partial charge in [0.2, 0.25) is 0 Å². The van der Waals surface area contributed by atoms with E-state index in [0.717, 1.165) is 42.8 Å². The van der Waals surface area contributed by atoms with Crippen LogP contribution in [0.4, 0.5) is 0 Å². The normalized spacial score (nSPS) is 22.3. The van der Waals surface area contributed by atoms with E-state index in [4.69, 9.17) is 5.11 Å². The number of hydrogen-bond donors (Lipinski definition) is 1. The molecule has 5 heteroatoms. The maximum atomic E-state index is 12.3. The first-order valence-electron chi connectivity index (χ1n) is 6.79. The third-order valence-electron chi connectivity index (χ3n) is 4.04. The van der Waals surface area contributed by atoms with Gasteiger partial charge >= 0.3 is 5.97 Å². The Balaban J connectivity index is 1.79. The molecule has 0 radical (unpaired) electrons. The number of carboxylic acids is 1. The number of aliphatic carboxylic acids is 1. The molecule has 1 N–H and O–H groups in total. The molecule has 1 aliphatic heterocycles. The third-order valence-corrected chi connectivity index (χ3v) is 5.26. The van der Waals surface area contributed by atoms with Crippen molar-refractivity contribution in [3.8, 4) is 0 Å². The zero-order valence-electron chi connectivity index (χ0n) is 10.7. The van der Waals surface area contributed by atoms with Gasteiger partial charge in [-0.05, 0) is 43.7 Å². The first-order chi connectivity index (χ1) is 9.15. The molecule has 0 bridgehead atoms. The monoisotopic (exact) mass is 279 g/mol. The van der Waals surface area contributed by atoms with E-state index < -0.39 is 5.97 Å². The number of rotatable bonds is 2. The van der Waals surface area contributed by atoms with Crippen molar-refractivity contribution in [2.75, 3.05) is 13.1 Å². The summed E-state index contributed by atoms with van der Waals surface area (Å²) in [6, 6.07) is 1.93. The minimum Gasteiger partial charge on any atom is -0.481 e. The van der Waals surface area contributed by atoms with Gasteiger partial charge in [0.05, 0.1) is 10.8 Å². The molecule has 19 heavy (non-hydrogen) atoms. The number of fused-ring (bicyclic) bond motifs is 1. The van der Waals surface area contributed by atoms with E-state index in [2.05, 4.69) is 0 Å². The second-order valence-corrected chi connectivity index (χ2v) is 6.47. The second kappa shape index (κ2) is 4.96. The maximum absolute atomic E-state index is 12.3. The van der Waals surface area contributed by atoms with Crippen molar-refractivity contribution in [2.24, 2.45) is 5.92 Å². The molecule has 1 aromatic heterocycles. The van der Waals surface area contributed by atoms with Gasteiger partial charge in [-0.1, -0.05) is 0 Å². The average molecular weight is 279 g/mol. The van der Waals surface area contributed by atoms with Gasteiger partial charge < -0.3 is 10.0 Å². The lowest BCUT2D eigenvalue weighted by molar-refractivity contribution is -0.142. The van der Waals surface area contributed by atoms with Gasteiger partial charge in [0.1, 0.15) is 0 Å². The van der Waals surface area contributed by atoms with E-state index in [1.54, 1.807) is 11.3 Å². The fourth-order valence-corrected chi connectivity index (χ4v) is 4.09. The molecule has 0 spiro atoms. The van der Waals surface area contributed by atoms with Crippen LogP contribution in [-0.2, 0) is 17.6 Å². The summed E-state index contributed by atoms with van der Waals surface area (Å²) >= 11 is 1.56. The lowest BCUT2D eigenvalue weighted by atomic mass is 9.88. The van der Waals surface area contributed by atoms with Gasteiger partial charge in [0, 0.05) is 18.0 Å². The number of likely N-dealkylation sites (tertiary alicyclic amines) is 1. The summed E-state index contributed by atoms with van der Waals surface area (Å²) in [6.07, 6.45) is 4.26. The summed E-state index contributed by atoms with van der Waals surface area (Å²) in [4.78, 5) is 27.2. The predicted octanol–water partition coefficient (Wildman–Crippen LogP) is 2.17. The van der Waals surface area contributed by atoms with Crippen molar-refractivity contribution in [1.82, 2.24) is 4.90 Å². The minimum atomic E-state index is -0.718. The number of carbonyl (C=O) groups is 2. The van der Waals surface area contributed by atoms with Gasteiger partial charge in [0.15, 0.2) is 0 Å². The van der Waals surface area contributed by atoms with Crippen LogP contribution in [0.5, 0.6) is 0 Å². The number of amides is 1. The largest absolute Gasteiger partial charge is 0.481 e.